The summed E-state index contributed by atoms with van der Waals surface area (Å²) in [5.74, 6) is 0. The Morgan fingerprint density at radius 3 is 1.23 bits per heavy atom. The van der Waals surface area contributed by atoms with Crippen LogP contribution >= 0.6 is 0 Å². The molecule has 2 aromatic carbocycles. The summed E-state index contributed by atoms with van der Waals surface area (Å²) in [4.78, 5) is 13.7. The van der Waals surface area contributed by atoms with E-state index in [2.05, 4.69) is 71.7 Å². The number of nitrogens with zero attached hydrogens (tertiary/aromatic N) is 4. The maximum Gasteiger partial charge on any atom is 0.0888 e. The van der Waals surface area contributed by atoms with Gasteiger partial charge in [-0.15, -0.1) is 0 Å². The molecule has 6 nitrogen and oxygen atoms in total. The normalized spacial score (nSPS) is 12.7. The first-order chi connectivity index (χ1) is 19.4. The van der Waals surface area contributed by atoms with Crippen LogP contribution in [0, 0.1) is 0 Å². The van der Waals surface area contributed by atoms with Gasteiger partial charge in [-0.3, -0.25) is 9.97 Å². The van der Waals surface area contributed by atoms with Gasteiger partial charge in [0.05, 0.1) is 23.6 Å². The van der Waals surface area contributed by atoms with Crippen molar-refractivity contribution in [3.8, 4) is 11.4 Å². The van der Waals surface area contributed by atoms with Gasteiger partial charge in [-0.2, -0.15) is 0 Å². The fourth-order valence-electron chi connectivity index (χ4n) is 5.16. The van der Waals surface area contributed by atoms with Gasteiger partial charge in [0.1, 0.15) is 0 Å². The molecule has 6 heteroatoms. The second-order valence-corrected chi connectivity index (χ2v) is 10.1. The molecule has 0 saturated heterocycles. The second kappa shape index (κ2) is 14.1. The summed E-state index contributed by atoms with van der Waals surface area (Å²) in [6, 6.07) is 24.2. The monoisotopic (exact) mass is 538 g/mol. The zero-order valence-corrected chi connectivity index (χ0v) is 24.2. The maximum absolute atomic E-state index is 10.9. The molecule has 0 aliphatic rings. The summed E-state index contributed by atoms with van der Waals surface area (Å²) in [6.45, 7) is 12.4. The van der Waals surface area contributed by atoms with Crippen LogP contribution in [-0.4, -0.2) is 46.4 Å². The largest absolute Gasteiger partial charge is 0.388 e. The third-order valence-electron chi connectivity index (χ3n) is 7.58. The molecule has 2 N–H and O–H groups in total. The summed E-state index contributed by atoms with van der Waals surface area (Å²) < 4.78 is 0. The van der Waals surface area contributed by atoms with Crippen molar-refractivity contribution in [2.75, 3.05) is 36.0 Å². The van der Waals surface area contributed by atoms with Crippen molar-refractivity contribution >= 4 is 11.4 Å². The van der Waals surface area contributed by atoms with E-state index in [1.165, 1.54) is 11.4 Å². The molecule has 2 heterocycles. The predicted octanol–water partition coefficient (Wildman–Crippen LogP) is 6.39. The van der Waals surface area contributed by atoms with Crippen LogP contribution in [0.3, 0.4) is 0 Å². The van der Waals surface area contributed by atoms with E-state index in [0.717, 1.165) is 59.8 Å². The van der Waals surface area contributed by atoms with Crippen molar-refractivity contribution in [3.05, 3.63) is 107 Å². The number of aromatic nitrogens is 2. The molecule has 4 aromatic rings. The van der Waals surface area contributed by atoms with E-state index in [-0.39, 0.29) is 0 Å². The van der Waals surface area contributed by atoms with Gasteiger partial charge in [-0.05, 0) is 98.5 Å². The molecule has 2 atom stereocenters. The van der Waals surface area contributed by atoms with Crippen LogP contribution in [0.1, 0.15) is 62.2 Å². The average molecular weight is 539 g/mol. The maximum atomic E-state index is 10.9. The van der Waals surface area contributed by atoms with E-state index in [1.54, 1.807) is 12.4 Å². The zero-order valence-electron chi connectivity index (χ0n) is 24.2. The lowest BCUT2D eigenvalue weighted by atomic mass is 9.99. The van der Waals surface area contributed by atoms with E-state index < -0.39 is 12.2 Å². The first-order valence-electron chi connectivity index (χ1n) is 14.4. The molecule has 0 fully saturated rings. The first kappa shape index (κ1) is 29.2. The fraction of sp³-hybridized carbons (Fsp3) is 0.353. The van der Waals surface area contributed by atoms with Crippen molar-refractivity contribution in [3.63, 3.8) is 0 Å². The van der Waals surface area contributed by atoms with Gasteiger partial charge in [-0.25, -0.2) is 0 Å². The molecule has 0 aliphatic heterocycles. The molecular weight excluding hydrogens is 496 g/mol. The van der Waals surface area contributed by atoms with Crippen LogP contribution in [0.25, 0.3) is 11.4 Å². The van der Waals surface area contributed by atoms with Crippen LogP contribution in [0.15, 0.2) is 85.2 Å². The van der Waals surface area contributed by atoms with Crippen LogP contribution in [0.4, 0.5) is 11.4 Å². The Bertz CT molecular complexity index is 1230. The van der Waals surface area contributed by atoms with Gasteiger partial charge in [0.25, 0.3) is 0 Å². The molecular formula is C34H42N4O2. The third-order valence-corrected chi connectivity index (χ3v) is 7.58. The standard InChI is InChI=1S/C34H42N4O2/c1-5-37(6-2)29-13-9-27(10-14-29)33(39)23-25-17-19-35-31(21-25)32-22-26(18-20-36-32)24-34(40)28-11-15-30(16-12-28)38(7-3)8-4/h9-22,33-34,39-40H,5-8,23-24H2,1-4H3. The summed E-state index contributed by atoms with van der Waals surface area (Å²) in [6.07, 6.45) is 3.29. The van der Waals surface area contributed by atoms with Gasteiger partial charge in [-0.1, -0.05) is 24.3 Å². The Kier molecular flexibility index (Phi) is 10.3. The quantitative estimate of drug-likeness (QED) is 0.206. The highest BCUT2D eigenvalue weighted by molar-refractivity contribution is 5.56. The van der Waals surface area contributed by atoms with Crippen LogP contribution in [0.5, 0.6) is 0 Å². The molecule has 4 rings (SSSR count). The van der Waals surface area contributed by atoms with Crippen LogP contribution < -0.4 is 9.80 Å². The van der Waals surface area contributed by atoms with Crippen LogP contribution in [0.2, 0.25) is 0 Å². The summed E-state index contributed by atoms with van der Waals surface area (Å²) >= 11 is 0. The minimum absolute atomic E-state index is 0.488. The second-order valence-electron chi connectivity index (χ2n) is 10.1. The van der Waals surface area contributed by atoms with Crippen molar-refractivity contribution < 1.29 is 10.2 Å². The molecule has 0 radical (unpaired) electrons. The van der Waals surface area contributed by atoms with Crippen molar-refractivity contribution in [2.45, 2.75) is 52.7 Å². The van der Waals surface area contributed by atoms with Gasteiger partial charge >= 0.3 is 0 Å². The smallest absolute Gasteiger partial charge is 0.0888 e. The zero-order chi connectivity index (χ0) is 28.5. The third kappa shape index (κ3) is 7.26. The topological polar surface area (TPSA) is 72.7 Å². The van der Waals surface area contributed by atoms with E-state index in [4.69, 9.17) is 0 Å². The predicted molar refractivity (Wildman–Crippen MR) is 165 cm³/mol. The number of benzene rings is 2. The number of anilines is 2. The summed E-state index contributed by atoms with van der Waals surface area (Å²) in [5, 5.41) is 21.9. The molecule has 0 amide bonds. The number of hydrogen-bond acceptors (Lipinski definition) is 6. The summed E-state index contributed by atoms with van der Waals surface area (Å²) in [7, 11) is 0. The molecule has 0 spiro atoms. The highest BCUT2D eigenvalue weighted by Crippen LogP contribution is 2.26. The number of aliphatic hydroxyl groups excluding tert-OH is 2. The molecule has 40 heavy (non-hydrogen) atoms. The minimum atomic E-state index is -0.608. The van der Waals surface area contributed by atoms with E-state index in [9.17, 15) is 10.2 Å². The van der Waals surface area contributed by atoms with Gasteiger partial charge in [0.15, 0.2) is 0 Å². The van der Waals surface area contributed by atoms with E-state index in [1.807, 2.05) is 48.5 Å². The molecule has 0 aliphatic carbocycles. The highest BCUT2D eigenvalue weighted by atomic mass is 16.3. The lowest BCUT2D eigenvalue weighted by Crippen LogP contribution is -2.21. The molecule has 0 saturated carbocycles. The number of hydrogen-bond donors (Lipinski definition) is 2. The number of pyridine rings is 2. The Morgan fingerprint density at radius 1 is 0.550 bits per heavy atom. The fourth-order valence-corrected chi connectivity index (χ4v) is 5.16. The Morgan fingerprint density at radius 2 is 0.900 bits per heavy atom. The minimum Gasteiger partial charge on any atom is -0.388 e. The average Bonchev–Trinajstić information content (AvgIpc) is 2.99. The van der Waals surface area contributed by atoms with Crippen molar-refractivity contribution in [1.29, 1.82) is 0 Å². The highest BCUT2D eigenvalue weighted by Gasteiger charge is 2.14. The molecule has 2 aromatic heterocycles. The van der Waals surface area contributed by atoms with Gasteiger partial charge in [0, 0.05) is 62.8 Å². The Balaban J connectivity index is 1.43. The van der Waals surface area contributed by atoms with E-state index >= 15 is 0 Å². The Labute approximate surface area is 239 Å². The summed E-state index contributed by atoms with van der Waals surface area (Å²) in [5.41, 5.74) is 7.61. The number of rotatable bonds is 13. The van der Waals surface area contributed by atoms with E-state index in [0.29, 0.717) is 12.8 Å². The Hall–Kier alpha value is -3.74. The van der Waals surface area contributed by atoms with Crippen molar-refractivity contribution in [2.24, 2.45) is 0 Å². The van der Waals surface area contributed by atoms with Crippen molar-refractivity contribution in [1.82, 2.24) is 9.97 Å². The van der Waals surface area contributed by atoms with Gasteiger partial charge < -0.3 is 20.0 Å². The molecule has 2 unspecified atom stereocenters. The SMILES string of the molecule is CCN(CC)c1ccc(C(O)Cc2ccnc(-c3cc(CC(O)c4ccc(N(CC)CC)cc4)ccn3)c2)cc1. The molecule has 210 valence electrons. The number of aliphatic hydroxyl groups is 2. The lowest BCUT2D eigenvalue weighted by Gasteiger charge is -2.21. The lowest BCUT2D eigenvalue weighted by molar-refractivity contribution is 0.178. The first-order valence-corrected chi connectivity index (χ1v) is 14.4. The van der Waals surface area contributed by atoms with Crippen LogP contribution in [-0.2, 0) is 12.8 Å². The van der Waals surface area contributed by atoms with Gasteiger partial charge in [0.2, 0.25) is 0 Å². The molecule has 0 bridgehead atoms.